The molecule has 2 aromatic rings. The van der Waals surface area contributed by atoms with Crippen molar-refractivity contribution in [3.63, 3.8) is 0 Å². The number of hydrogen-bond acceptors (Lipinski definition) is 3. The van der Waals surface area contributed by atoms with Gasteiger partial charge in [-0.2, -0.15) is 0 Å². The van der Waals surface area contributed by atoms with E-state index < -0.39 is 15.9 Å². The van der Waals surface area contributed by atoms with Gasteiger partial charge < -0.3 is 5.73 Å². The summed E-state index contributed by atoms with van der Waals surface area (Å²) in [6.07, 6.45) is 0. The number of anilines is 1. The third-order valence-electron chi connectivity index (χ3n) is 3.10. The molecule has 0 aliphatic carbocycles. The second kappa shape index (κ2) is 5.57. The number of benzene rings is 2. The van der Waals surface area contributed by atoms with Gasteiger partial charge in [0.15, 0.2) is 0 Å². The number of carbonyl (C=O) groups excluding carboxylic acids is 1. The topological polar surface area (TPSA) is 89.3 Å². The zero-order chi connectivity index (χ0) is 15.6. The minimum atomic E-state index is -3.70. The van der Waals surface area contributed by atoms with Crippen LogP contribution in [0.5, 0.6) is 0 Å². The molecule has 2 aromatic carbocycles. The summed E-state index contributed by atoms with van der Waals surface area (Å²) < 4.78 is 27.1. The van der Waals surface area contributed by atoms with E-state index >= 15 is 0 Å². The van der Waals surface area contributed by atoms with Gasteiger partial charge >= 0.3 is 0 Å². The number of primary amides is 1. The van der Waals surface area contributed by atoms with Crippen LogP contribution in [0.2, 0.25) is 0 Å². The molecule has 0 unspecified atom stereocenters. The van der Waals surface area contributed by atoms with E-state index in [1.54, 1.807) is 31.2 Å². The molecule has 110 valence electrons. The lowest BCUT2D eigenvalue weighted by Gasteiger charge is -2.11. The van der Waals surface area contributed by atoms with Crippen molar-refractivity contribution in [2.45, 2.75) is 18.7 Å². The van der Waals surface area contributed by atoms with E-state index in [2.05, 4.69) is 4.72 Å². The molecule has 0 saturated carbocycles. The van der Waals surface area contributed by atoms with Crippen molar-refractivity contribution < 1.29 is 13.2 Å². The van der Waals surface area contributed by atoms with Crippen molar-refractivity contribution in [1.29, 1.82) is 0 Å². The number of nitrogens with one attached hydrogen (secondary N) is 1. The first-order chi connectivity index (χ1) is 9.79. The highest BCUT2D eigenvalue weighted by Gasteiger charge is 2.15. The normalized spacial score (nSPS) is 11.1. The predicted octanol–water partition coefficient (Wildman–Crippen LogP) is 2.20. The fraction of sp³-hybridized carbons (Fsp3) is 0.133. The van der Waals surface area contributed by atoms with Crippen LogP contribution in [0.3, 0.4) is 0 Å². The Morgan fingerprint density at radius 1 is 1.05 bits per heavy atom. The first kappa shape index (κ1) is 15.1. The number of amides is 1. The van der Waals surface area contributed by atoms with Gasteiger partial charge in [-0.3, -0.25) is 9.52 Å². The molecular formula is C15H16N2O3S. The second-order valence-corrected chi connectivity index (χ2v) is 6.49. The molecule has 1 amide bonds. The molecule has 6 heteroatoms. The Labute approximate surface area is 123 Å². The largest absolute Gasteiger partial charge is 0.366 e. The Morgan fingerprint density at radius 2 is 1.67 bits per heavy atom. The smallest absolute Gasteiger partial charge is 0.261 e. The van der Waals surface area contributed by atoms with Gasteiger partial charge in [0.2, 0.25) is 5.91 Å². The van der Waals surface area contributed by atoms with E-state index in [9.17, 15) is 13.2 Å². The first-order valence-corrected chi connectivity index (χ1v) is 7.78. The summed E-state index contributed by atoms with van der Waals surface area (Å²) in [5.41, 5.74) is 7.48. The molecule has 0 atom stereocenters. The van der Waals surface area contributed by atoms with Crippen LogP contribution in [-0.2, 0) is 10.0 Å². The highest BCUT2D eigenvalue weighted by atomic mass is 32.2. The third-order valence-corrected chi connectivity index (χ3v) is 4.48. The molecule has 0 aliphatic rings. The number of rotatable bonds is 4. The molecule has 3 N–H and O–H groups in total. The van der Waals surface area contributed by atoms with E-state index in [1.165, 1.54) is 18.2 Å². The van der Waals surface area contributed by atoms with Crippen LogP contribution < -0.4 is 10.5 Å². The summed E-state index contributed by atoms with van der Waals surface area (Å²) in [6.45, 7) is 3.63. The maximum absolute atomic E-state index is 12.3. The number of carbonyl (C=O) groups is 1. The lowest BCUT2D eigenvalue weighted by Crippen LogP contribution is -2.16. The van der Waals surface area contributed by atoms with Gasteiger partial charge in [-0.1, -0.05) is 23.8 Å². The molecule has 5 nitrogen and oxygen atoms in total. The summed E-state index contributed by atoms with van der Waals surface area (Å²) in [5.74, 6) is -0.606. The Morgan fingerprint density at radius 3 is 2.24 bits per heavy atom. The van der Waals surface area contributed by atoms with Crippen molar-refractivity contribution >= 4 is 21.6 Å². The monoisotopic (exact) mass is 304 g/mol. The summed E-state index contributed by atoms with van der Waals surface area (Å²) in [4.78, 5) is 11.3. The number of sulfonamides is 1. The quantitative estimate of drug-likeness (QED) is 0.907. The summed E-state index contributed by atoms with van der Waals surface area (Å²) >= 11 is 0. The highest BCUT2D eigenvalue weighted by molar-refractivity contribution is 7.92. The van der Waals surface area contributed by atoms with Crippen molar-refractivity contribution in [3.05, 3.63) is 59.2 Å². The molecule has 0 aromatic heterocycles. The van der Waals surface area contributed by atoms with Crippen molar-refractivity contribution in [3.8, 4) is 0 Å². The molecule has 0 aliphatic heterocycles. The number of nitrogens with two attached hydrogens (primary N) is 1. The van der Waals surface area contributed by atoms with Gasteiger partial charge in [0.1, 0.15) is 0 Å². The Hall–Kier alpha value is -2.34. The van der Waals surface area contributed by atoms with Gasteiger partial charge in [-0.05, 0) is 43.7 Å². The van der Waals surface area contributed by atoms with Gasteiger partial charge in [-0.25, -0.2) is 8.42 Å². The van der Waals surface area contributed by atoms with Crippen LogP contribution in [0.1, 0.15) is 21.5 Å². The van der Waals surface area contributed by atoms with Crippen molar-refractivity contribution in [2.24, 2.45) is 5.73 Å². The predicted molar refractivity (Wildman–Crippen MR) is 81.7 cm³/mol. The fourth-order valence-corrected chi connectivity index (χ4v) is 2.93. The third kappa shape index (κ3) is 3.41. The maximum Gasteiger partial charge on any atom is 0.261 e. The number of hydrogen-bond donors (Lipinski definition) is 2. The van der Waals surface area contributed by atoms with Crippen LogP contribution in [0, 0.1) is 13.8 Å². The van der Waals surface area contributed by atoms with Gasteiger partial charge in [0, 0.05) is 5.56 Å². The SMILES string of the molecule is Cc1ccc(S(=O)(=O)Nc2cc(C(N)=O)ccc2C)cc1. The minimum Gasteiger partial charge on any atom is -0.366 e. The molecule has 2 rings (SSSR count). The molecule has 0 heterocycles. The standard InChI is InChI=1S/C15H16N2O3S/c1-10-3-7-13(8-4-10)21(19,20)17-14-9-12(15(16)18)6-5-11(14)2/h3-9,17H,1-2H3,(H2,16,18). The lowest BCUT2D eigenvalue weighted by molar-refractivity contribution is 0.100. The van der Waals surface area contributed by atoms with E-state index in [1.807, 2.05) is 6.92 Å². The van der Waals surface area contributed by atoms with Crippen LogP contribution >= 0.6 is 0 Å². The van der Waals surface area contributed by atoms with Crippen molar-refractivity contribution in [2.75, 3.05) is 4.72 Å². The summed E-state index contributed by atoms with van der Waals surface area (Å²) in [5, 5.41) is 0. The highest BCUT2D eigenvalue weighted by Crippen LogP contribution is 2.21. The fourth-order valence-electron chi connectivity index (χ4n) is 1.81. The van der Waals surface area contributed by atoms with Crippen LogP contribution in [0.4, 0.5) is 5.69 Å². The summed E-state index contributed by atoms with van der Waals surface area (Å²) in [7, 11) is -3.70. The number of aryl methyl sites for hydroxylation is 2. The lowest BCUT2D eigenvalue weighted by atomic mass is 10.1. The zero-order valence-corrected chi connectivity index (χ0v) is 12.6. The average Bonchev–Trinajstić information content (AvgIpc) is 2.41. The van der Waals surface area contributed by atoms with E-state index in [0.29, 0.717) is 11.3 Å². The molecule has 21 heavy (non-hydrogen) atoms. The van der Waals surface area contributed by atoms with E-state index in [0.717, 1.165) is 5.56 Å². The molecule has 0 spiro atoms. The van der Waals surface area contributed by atoms with Gasteiger partial charge in [0.05, 0.1) is 10.6 Å². The second-order valence-electron chi connectivity index (χ2n) is 4.81. The molecule has 0 bridgehead atoms. The zero-order valence-electron chi connectivity index (χ0n) is 11.8. The van der Waals surface area contributed by atoms with E-state index in [4.69, 9.17) is 5.73 Å². The van der Waals surface area contributed by atoms with Crippen molar-refractivity contribution in [1.82, 2.24) is 0 Å². The van der Waals surface area contributed by atoms with Crippen LogP contribution in [-0.4, -0.2) is 14.3 Å². The Balaban J connectivity index is 2.38. The minimum absolute atomic E-state index is 0.164. The van der Waals surface area contributed by atoms with Gasteiger partial charge in [-0.15, -0.1) is 0 Å². The molecular weight excluding hydrogens is 288 g/mol. The summed E-state index contributed by atoms with van der Waals surface area (Å²) in [6, 6.07) is 11.1. The average molecular weight is 304 g/mol. The molecule has 0 radical (unpaired) electrons. The van der Waals surface area contributed by atoms with Crippen LogP contribution in [0.25, 0.3) is 0 Å². The molecule has 0 fully saturated rings. The van der Waals surface area contributed by atoms with Gasteiger partial charge in [0.25, 0.3) is 10.0 Å². The maximum atomic E-state index is 12.3. The van der Waals surface area contributed by atoms with E-state index in [-0.39, 0.29) is 10.5 Å². The Bertz CT molecular complexity index is 781. The Kier molecular flexibility index (Phi) is 3.99. The molecule has 0 saturated heterocycles. The van der Waals surface area contributed by atoms with Crippen LogP contribution in [0.15, 0.2) is 47.4 Å². The first-order valence-electron chi connectivity index (χ1n) is 6.29.